The molecular weight excluding hydrogens is 226 g/mol. The molecule has 0 radical (unpaired) electrons. The van der Waals surface area contributed by atoms with Gasteiger partial charge in [-0.2, -0.15) is 0 Å². The van der Waals surface area contributed by atoms with Gasteiger partial charge in [0, 0.05) is 18.8 Å². The van der Waals surface area contributed by atoms with Crippen molar-refractivity contribution in [1.29, 1.82) is 0 Å². The van der Waals surface area contributed by atoms with Gasteiger partial charge >= 0.3 is 5.97 Å². The number of hydrogen-bond donors (Lipinski definition) is 0. The SMILES string of the molecule is CCCCCCc1ccccn1.CCOC(C)=O. The minimum atomic E-state index is -0.211. The van der Waals surface area contributed by atoms with Gasteiger partial charge in [0.25, 0.3) is 0 Å². The Morgan fingerprint density at radius 1 is 1.22 bits per heavy atom. The first-order valence-corrected chi connectivity index (χ1v) is 6.74. The van der Waals surface area contributed by atoms with Gasteiger partial charge in [0.2, 0.25) is 0 Å². The van der Waals surface area contributed by atoms with Crippen LogP contribution in [0.3, 0.4) is 0 Å². The maximum absolute atomic E-state index is 9.82. The molecule has 0 saturated carbocycles. The minimum absolute atomic E-state index is 0.211. The van der Waals surface area contributed by atoms with E-state index in [9.17, 15) is 4.79 Å². The van der Waals surface area contributed by atoms with E-state index in [1.54, 1.807) is 6.92 Å². The molecule has 0 aromatic carbocycles. The van der Waals surface area contributed by atoms with Crippen molar-refractivity contribution in [3.63, 3.8) is 0 Å². The van der Waals surface area contributed by atoms with E-state index in [2.05, 4.69) is 28.8 Å². The molecule has 0 fully saturated rings. The van der Waals surface area contributed by atoms with Crippen LogP contribution >= 0.6 is 0 Å². The molecule has 0 N–H and O–H groups in total. The Morgan fingerprint density at radius 2 is 2.00 bits per heavy atom. The lowest BCUT2D eigenvalue weighted by atomic mass is 10.1. The van der Waals surface area contributed by atoms with Gasteiger partial charge < -0.3 is 4.74 Å². The molecule has 1 rings (SSSR count). The number of aryl methyl sites for hydroxylation is 1. The van der Waals surface area contributed by atoms with Crippen LogP contribution in [0.5, 0.6) is 0 Å². The maximum Gasteiger partial charge on any atom is 0.302 e. The molecule has 0 spiro atoms. The van der Waals surface area contributed by atoms with E-state index in [0.29, 0.717) is 6.61 Å². The summed E-state index contributed by atoms with van der Waals surface area (Å²) in [7, 11) is 0. The Labute approximate surface area is 111 Å². The van der Waals surface area contributed by atoms with Crippen molar-refractivity contribution in [2.45, 2.75) is 52.9 Å². The van der Waals surface area contributed by atoms with Gasteiger partial charge in [-0.3, -0.25) is 9.78 Å². The number of unbranched alkanes of at least 4 members (excludes halogenated alkanes) is 3. The number of aromatic nitrogens is 1. The van der Waals surface area contributed by atoms with Gasteiger partial charge in [-0.15, -0.1) is 0 Å². The molecule has 102 valence electrons. The second-order valence-electron chi connectivity index (χ2n) is 4.06. The van der Waals surface area contributed by atoms with Gasteiger partial charge in [-0.05, 0) is 31.9 Å². The molecule has 0 unspecified atom stereocenters. The number of rotatable bonds is 6. The second kappa shape index (κ2) is 12.1. The summed E-state index contributed by atoms with van der Waals surface area (Å²) in [6, 6.07) is 6.13. The second-order valence-corrected chi connectivity index (χ2v) is 4.06. The van der Waals surface area contributed by atoms with Crippen LogP contribution in [0.15, 0.2) is 24.4 Å². The summed E-state index contributed by atoms with van der Waals surface area (Å²) >= 11 is 0. The first kappa shape index (κ1) is 16.6. The van der Waals surface area contributed by atoms with Crippen molar-refractivity contribution in [3.8, 4) is 0 Å². The largest absolute Gasteiger partial charge is 0.466 e. The predicted molar refractivity (Wildman–Crippen MR) is 74.4 cm³/mol. The van der Waals surface area contributed by atoms with Crippen molar-refractivity contribution in [3.05, 3.63) is 30.1 Å². The number of carbonyl (C=O) groups is 1. The molecule has 0 bridgehead atoms. The number of pyridine rings is 1. The smallest absolute Gasteiger partial charge is 0.302 e. The number of hydrogen-bond acceptors (Lipinski definition) is 3. The van der Waals surface area contributed by atoms with Crippen LogP contribution in [0.2, 0.25) is 0 Å². The zero-order valence-corrected chi connectivity index (χ0v) is 11.8. The van der Waals surface area contributed by atoms with E-state index in [0.717, 1.165) is 6.42 Å². The van der Waals surface area contributed by atoms with Gasteiger partial charge in [-0.25, -0.2) is 0 Å². The van der Waals surface area contributed by atoms with Gasteiger partial charge in [0.05, 0.1) is 6.61 Å². The highest BCUT2D eigenvalue weighted by Gasteiger charge is 1.91. The lowest BCUT2D eigenvalue weighted by Gasteiger charge is -1.98. The fraction of sp³-hybridized carbons (Fsp3) is 0.600. The maximum atomic E-state index is 9.82. The zero-order chi connectivity index (χ0) is 13.6. The molecule has 0 aliphatic rings. The van der Waals surface area contributed by atoms with Crippen LogP contribution in [0, 0.1) is 0 Å². The summed E-state index contributed by atoms with van der Waals surface area (Å²) in [5.74, 6) is -0.211. The lowest BCUT2D eigenvalue weighted by Crippen LogP contribution is -1.95. The normalized spacial score (nSPS) is 9.28. The van der Waals surface area contributed by atoms with Crippen molar-refractivity contribution in [2.24, 2.45) is 0 Å². The fourth-order valence-corrected chi connectivity index (χ4v) is 1.48. The average Bonchev–Trinajstić information content (AvgIpc) is 2.37. The van der Waals surface area contributed by atoms with Gasteiger partial charge in [0.15, 0.2) is 0 Å². The highest BCUT2D eigenvalue weighted by atomic mass is 16.5. The molecule has 1 heterocycles. The Bertz CT molecular complexity index is 299. The molecule has 3 nitrogen and oxygen atoms in total. The molecule has 3 heteroatoms. The van der Waals surface area contributed by atoms with Crippen LogP contribution in [0.25, 0.3) is 0 Å². The van der Waals surface area contributed by atoms with E-state index in [1.165, 1.54) is 38.3 Å². The molecular formula is C15H25NO2. The zero-order valence-electron chi connectivity index (χ0n) is 11.8. The Kier molecular flexibility index (Phi) is 11.2. The molecule has 1 aromatic heterocycles. The van der Waals surface area contributed by atoms with Gasteiger partial charge in [-0.1, -0.05) is 32.3 Å². The van der Waals surface area contributed by atoms with E-state index < -0.39 is 0 Å². The summed E-state index contributed by atoms with van der Waals surface area (Å²) in [4.78, 5) is 14.1. The molecule has 0 saturated heterocycles. The molecule has 0 aliphatic heterocycles. The van der Waals surface area contributed by atoms with E-state index in [4.69, 9.17) is 0 Å². The van der Waals surface area contributed by atoms with Crippen LogP contribution in [0.1, 0.15) is 52.1 Å². The van der Waals surface area contributed by atoms with Gasteiger partial charge in [0.1, 0.15) is 0 Å². The summed E-state index contributed by atoms with van der Waals surface area (Å²) < 4.78 is 4.40. The minimum Gasteiger partial charge on any atom is -0.466 e. The van der Waals surface area contributed by atoms with E-state index >= 15 is 0 Å². The lowest BCUT2D eigenvalue weighted by molar-refractivity contribution is -0.140. The standard InChI is InChI=1S/C11H17N.C4H8O2/c1-2-3-4-5-8-11-9-6-7-10-12-11;1-3-6-4(2)5/h6-7,9-10H,2-5,8H2,1H3;3H2,1-2H3. The quantitative estimate of drug-likeness (QED) is 0.570. The third-order valence-corrected chi connectivity index (χ3v) is 2.36. The van der Waals surface area contributed by atoms with Crippen molar-refractivity contribution in [1.82, 2.24) is 4.98 Å². The van der Waals surface area contributed by atoms with Crippen LogP contribution in [-0.2, 0) is 16.0 Å². The van der Waals surface area contributed by atoms with Crippen LogP contribution in [-0.4, -0.2) is 17.6 Å². The van der Waals surface area contributed by atoms with Crippen LogP contribution < -0.4 is 0 Å². The Balaban J connectivity index is 0.000000411. The number of nitrogens with zero attached hydrogens (tertiary/aromatic N) is 1. The first-order valence-electron chi connectivity index (χ1n) is 6.74. The number of carbonyl (C=O) groups excluding carboxylic acids is 1. The molecule has 1 aromatic rings. The number of ether oxygens (including phenoxy) is 1. The van der Waals surface area contributed by atoms with E-state index in [-0.39, 0.29) is 5.97 Å². The third kappa shape index (κ3) is 11.1. The van der Waals surface area contributed by atoms with Crippen molar-refractivity contribution < 1.29 is 9.53 Å². The highest BCUT2D eigenvalue weighted by molar-refractivity contribution is 5.65. The van der Waals surface area contributed by atoms with E-state index in [1.807, 2.05) is 12.3 Å². The first-order chi connectivity index (χ1) is 8.70. The summed E-state index contributed by atoms with van der Waals surface area (Å²) in [5.41, 5.74) is 1.23. The summed E-state index contributed by atoms with van der Waals surface area (Å²) in [6.45, 7) is 5.89. The van der Waals surface area contributed by atoms with Crippen molar-refractivity contribution in [2.75, 3.05) is 6.61 Å². The average molecular weight is 251 g/mol. The Hall–Kier alpha value is -1.38. The third-order valence-electron chi connectivity index (χ3n) is 2.36. The summed E-state index contributed by atoms with van der Waals surface area (Å²) in [6.07, 6.45) is 8.29. The topological polar surface area (TPSA) is 39.2 Å². The highest BCUT2D eigenvalue weighted by Crippen LogP contribution is 2.04. The Morgan fingerprint density at radius 3 is 2.44 bits per heavy atom. The summed E-state index contributed by atoms with van der Waals surface area (Å²) in [5, 5.41) is 0. The molecule has 18 heavy (non-hydrogen) atoms. The number of esters is 1. The predicted octanol–water partition coefficient (Wildman–Crippen LogP) is 3.77. The molecule has 0 amide bonds. The monoisotopic (exact) mass is 251 g/mol. The molecule has 0 aliphatic carbocycles. The van der Waals surface area contributed by atoms with Crippen LogP contribution in [0.4, 0.5) is 0 Å². The van der Waals surface area contributed by atoms with Crippen molar-refractivity contribution >= 4 is 5.97 Å². The molecule has 0 atom stereocenters. The fourth-order valence-electron chi connectivity index (χ4n) is 1.48.